The van der Waals surface area contributed by atoms with Gasteiger partial charge in [0.1, 0.15) is 5.82 Å². The number of carbonyl (C=O) groups is 1. The zero-order valence-corrected chi connectivity index (χ0v) is 8.72. The summed E-state index contributed by atoms with van der Waals surface area (Å²) in [6.07, 6.45) is 2.02. The maximum Gasteiger partial charge on any atom is 0.234 e. The van der Waals surface area contributed by atoms with Gasteiger partial charge in [0.25, 0.3) is 0 Å². The largest absolute Gasteiger partial charge is 0.292 e. The first-order chi connectivity index (χ1) is 7.22. The van der Waals surface area contributed by atoms with E-state index in [0.717, 1.165) is 18.4 Å². The highest BCUT2D eigenvalue weighted by Crippen LogP contribution is 2.06. The quantitative estimate of drug-likeness (QED) is 0.721. The number of carbonyl (C=O) groups excluding carboxylic acids is 1. The number of hydrazine groups is 1. The molecule has 0 radical (unpaired) electrons. The fraction of sp³-hybridized carbons (Fsp3) is 0.364. The molecule has 0 aliphatic heterocycles. The molecule has 4 heteroatoms. The van der Waals surface area contributed by atoms with Gasteiger partial charge in [-0.1, -0.05) is 12.1 Å². The topological polar surface area (TPSA) is 41.1 Å². The first-order valence-electron chi connectivity index (χ1n) is 4.92. The second-order valence-electron chi connectivity index (χ2n) is 3.28. The Morgan fingerprint density at radius 1 is 1.33 bits per heavy atom. The first kappa shape index (κ1) is 11.7. The van der Waals surface area contributed by atoms with Crippen molar-refractivity contribution in [3.8, 4) is 0 Å². The second kappa shape index (κ2) is 6.14. The minimum atomic E-state index is -0.230. The first-order valence-corrected chi connectivity index (χ1v) is 4.92. The van der Waals surface area contributed by atoms with Gasteiger partial charge in [0.2, 0.25) is 5.91 Å². The predicted octanol–water partition coefficient (Wildman–Crippen LogP) is 1.40. The van der Waals surface area contributed by atoms with Crippen LogP contribution in [0.2, 0.25) is 0 Å². The van der Waals surface area contributed by atoms with E-state index in [1.54, 1.807) is 19.2 Å². The summed E-state index contributed by atoms with van der Waals surface area (Å²) in [6, 6.07) is 6.35. The summed E-state index contributed by atoms with van der Waals surface area (Å²) in [4.78, 5) is 11.1. The van der Waals surface area contributed by atoms with Crippen LogP contribution in [0.4, 0.5) is 4.39 Å². The summed E-state index contributed by atoms with van der Waals surface area (Å²) in [5.41, 5.74) is 6.12. The van der Waals surface area contributed by atoms with Crippen LogP contribution in [-0.4, -0.2) is 13.0 Å². The molecule has 2 N–H and O–H groups in total. The fourth-order valence-corrected chi connectivity index (χ4v) is 1.31. The maximum absolute atomic E-state index is 12.6. The molecule has 1 rings (SSSR count). The van der Waals surface area contributed by atoms with Crippen molar-refractivity contribution < 1.29 is 9.18 Å². The van der Waals surface area contributed by atoms with E-state index >= 15 is 0 Å². The zero-order chi connectivity index (χ0) is 11.1. The lowest BCUT2D eigenvalue weighted by atomic mass is 10.1. The van der Waals surface area contributed by atoms with Crippen LogP contribution in [0.1, 0.15) is 18.4 Å². The highest BCUT2D eigenvalue weighted by molar-refractivity contribution is 5.75. The lowest BCUT2D eigenvalue weighted by Gasteiger charge is -2.03. The molecule has 0 saturated carbocycles. The molecule has 0 heterocycles. The third kappa shape index (κ3) is 4.56. The second-order valence-corrected chi connectivity index (χ2v) is 3.28. The molecule has 1 amide bonds. The Kier molecular flexibility index (Phi) is 4.77. The third-order valence-electron chi connectivity index (χ3n) is 2.05. The van der Waals surface area contributed by atoms with Crippen molar-refractivity contribution in [2.45, 2.75) is 19.3 Å². The van der Waals surface area contributed by atoms with Crippen molar-refractivity contribution in [2.24, 2.45) is 0 Å². The van der Waals surface area contributed by atoms with Crippen molar-refractivity contribution in [1.82, 2.24) is 10.9 Å². The van der Waals surface area contributed by atoms with Gasteiger partial charge in [-0.3, -0.25) is 10.2 Å². The number of halogens is 1. The smallest absolute Gasteiger partial charge is 0.234 e. The highest BCUT2D eigenvalue weighted by Gasteiger charge is 1.99. The molecule has 1 aromatic rings. The molecular weight excluding hydrogens is 195 g/mol. The summed E-state index contributed by atoms with van der Waals surface area (Å²) in [5.74, 6) is -0.258. The van der Waals surface area contributed by atoms with Crippen LogP contribution in [0.25, 0.3) is 0 Å². The number of hydrogen-bond donors (Lipinski definition) is 2. The van der Waals surface area contributed by atoms with E-state index < -0.39 is 0 Å². The molecule has 82 valence electrons. The summed E-state index contributed by atoms with van der Waals surface area (Å²) in [7, 11) is 1.65. The van der Waals surface area contributed by atoms with Gasteiger partial charge in [0.05, 0.1) is 0 Å². The van der Waals surface area contributed by atoms with Gasteiger partial charge in [-0.25, -0.2) is 9.82 Å². The average Bonchev–Trinajstić information content (AvgIpc) is 2.21. The Hall–Kier alpha value is -1.42. The van der Waals surface area contributed by atoms with Crippen LogP contribution >= 0.6 is 0 Å². The van der Waals surface area contributed by atoms with E-state index in [-0.39, 0.29) is 11.7 Å². The number of amides is 1. The monoisotopic (exact) mass is 210 g/mol. The third-order valence-corrected chi connectivity index (χ3v) is 2.05. The van der Waals surface area contributed by atoms with Gasteiger partial charge in [-0.15, -0.1) is 0 Å². The van der Waals surface area contributed by atoms with E-state index in [0.29, 0.717) is 6.42 Å². The molecular formula is C11H15FN2O. The molecule has 3 nitrogen and oxygen atoms in total. The van der Waals surface area contributed by atoms with Gasteiger partial charge in [-0.2, -0.15) is 0 Å². The van der Waals surface area contributed by atoms with Gasteiger partial charge < -0.3 is 0 Å². The molecule has 1 aromatic carbocycles. The molecule has 0 aliphatic rings. The summed E-state index contributed by atoms with van der Waals surface area (Å²) >= 11 is 0. The Morgan fingerprint density at radius 2 is 2.00 bits per heavy atom. The van der Waals surface area contributed by atoms with Gasteiger partial charge >= 0.3 is 0 Å². The van der Waals surface area contributed by atoms with E-state index in [1.165, 1.54) is 12.1 Å². The Bertz CT molecular complexity index is 311. The number of benzene rings is 1. The molecule has 0 unspecified atom stereocenters. The number of rotatable bonds is 5. The molecule has 15 heavy (non-hydrogen) atoms. The molecule has 0 aliphatic carbocycles. The van der Waals surface area contributed by atoms with E-state index in [9.17, 15) is 9.18 Å². The van der Waals surface area contributed by atoms with Crippen LogP contribution in [-0.2, 0) is 11.2 Å². The molecule has 0 atom stereocenters. The average molecular weight is 210 g/mol. The van der Waals surface area contributed by atoms with Crippen LogP contribution in [0, 0.1) is 5.82 Å². The zero-order valence-electron chi connectivity index (χ0n) is 8.72. The van der Waals surface area contributed by atoms with Crippen LogP contribution in [0.5, 0.6) is 0 Å². The fourth-order valence-electron chi connectivity index (χ4n) is 1.31. The Morgan fingerprint density at radius 3 is 2.60 bits per heavy atom. The van der Waals surface area contributed by atoms with Crippen molar-refractivity contribution in [1.29, 1.82) is 0 Å². The summed E-state index contributed by atoms with van der Waals surface area (Å²) in [6.45, 7) is 0. The number of hydrogen-bond acceptors (Lipinski definition) is 2. The highest BCUT2D eigenvalue weighted by atomic mass is 19.1. The molecule has 0 spiro atoms. The lowest BCUT2D eigenvalue weighted by Crippen LogP contribution is -2.33. The van der Waals surface area contributed by atoms with Crippen molar-refractivity contribution >= 4 is 5.91 Å². The maximum atomic E-state index is 12.6. The molecule has 0 fully saturated rings. The van der Waals surface area contributed by atoms with E-state index in [4.69, 9.17) is 0 Å². The molecule has 0 aromatic heterocycles. The van der Waals surface area contributed by atoms with Crippen LogP contribution < -0.4 is 10.9 Å². The van der Waals surface area contributed by atoms with E-state index in [1.807, 2.05) is 0 Å². The van der Waals surface area contributed by atoms with Gasteiger partial charge in [-0.05, 0) is 30.5 Å². The Balaban J connectivity index is 2.26. The van der Waals surface area contributed by atoms with Gasteiger partial charge in [0.15, 0.2) is 0 Å². The Labute approximate surface area is 88.7 Å². The summed E-state index contributed by atoms with van der Waals surface area (Å²) < 4.78 is 12.6. The molecule has 0 saturated heterocycles. The minimum Gasteiger partial charge on any atom is -0.292 e. The SMILES string of the molecule is CNNC(=O)CCCc1ccc(F)cc1. The lowest BCUT2D eigenvalue weighted by molar-refractivity contribution is -0.122. The van der Waals surface area contributed by atoms with Crippen LogP contribution in [0.3, 0.4) is 0 Å². The van der Waals surface area contributed by atoms with E-state index in [2.05, 4.69) is 10.9 Å². The number of aryl methyl sites for hydroxylation is 1. The van der Waals surface area contributed by atoms with Gasteiger partial charge in [0, 0.05) is 13.5 Å². The summed E-state index contributed by atoms with van der Waals surface area (Å²) in [5, 5.41) is 0. The normalized spacial score (nSPS) is 10.0. The predicted molar refractivity (Wildman–Crippen MR) is 56.5 cm³/mol. The number of nitrogens with one attached hydrogen (secondary N) is 2. The minimum absolute atomic E-state index is 0.0281. The van der Waals surface area contributed by atoms with Crippen LogP contribution in [0.15, 0.2) is 24.3 Å². The standard InChI is InChI=1S/C11H15FN2O/c1-13-14-11(15)4-2-3-9-5-7-10(12)8-6-9/h5-8,13H,2-4H2,1H3,(H,14,15). The molecule has 0 bridgehead atoms. The van der Waals surface area contributed by atoms with Crippen molar-refractivity contribution in [3.63, 3.8) is 0 Å². The van der Waals surface area contributed by atoms with Crippen molar-refractivity contribution in [2.75, 3.05) is 7.05 Å². The van der Waals surface area contributed by atoms with Crippen molar-refractivity contribution in [3.05, 3.63) is 35.6 Å².